The van der Waals surface area contributed by atoms with Crippen LogP contribution in [0.25, 0.3) is 0 Å². The van der Waals surface area contributed by atoms with Crippen LogP contribution in [0.3, 0.4) is 0 Å². The summed E-state index contributed by atoms with van der Waals surface area (Å²) in [5.41, 5.74) is 1.36. The molecule has 0 amide bonds. The van der Waals surface area contributed by atoms with Crippen LogP contribution in [-0.2, 0) is 9.84 Å². The zero-order chi connectivity index (χ0) is 14.6. The van der Waals surface area contributed by atoms with Gasteiger partial charge in [0.2, 0.25) is 0 Å². The van der Waals surface area contributed by atoms with Crippen molar-refractivity contribution < 1.29 is 8.42 Å². The highest BCUT2D eigenvalue weighted by atomic mass is 32.2. The number of hydrogen-bond acceptors (Lipinski definition) is 3. The third kappa shape index (κ3) is 4.06. The molecule has 4 heteroatoms. The fraction of sp³-hybridized carbons (Fsp3) is 0.625. The Kier molecular flexibility index (Phi) is 5.22. The quantitative estimate of drug-likeness (QED) is 0.810. The molecule has 1 heterocycles. The van der Waals surface area contributed by atoms with Crippen LogP contribution in [-0.4, -0.2) is 44.5 Å². The number of likely N-dealkylation sites (N-methyl/N-ethyl adjacent to an activating group) is 1. The van der Waals surface area contributed by atoms with Gasteiger partial charge in [0.15, 0.2) is 9.84 Å². The number of rotatable bonds is 6. The molecule has 1 aliphatic heterocycles. The Morgan fingerprint density at radius 1 is 1.30 bits per heavy atom. The Bertz CT molecular complexity index is 513. The first kappa shape index (κ1) is 15.5. The number of sulfone groups is 1. The third-order valence-electron chi connectivity index (χ3n) is 4.25. The molecule has 0 unspecified atom stereocenters. The van der Waals surface area contributed by atoms with Gasteiger partial charge in [-0.3, -0.25) is 0 Å². The highest BCUT2D eigenvalue weighted by Gasteiger charge is 2.31. The van der Waals surface area contributed by atoms with Gasteiger partial charge in [-0.2, -0.15) is 0 Å². The van der Waals surface area contributed by atoms with Gasteiger partial charge in [-0.05, 0) is 31.4 Å². The average molecular weight is 295 g/mol. The molecule has 1 aromatic carbocycles. The van der Waals surface area contributed by atoms with Crippen LogP contribution in [0.5, 0.6) is 0 Å². The van der Waals surface area contributed by atoms with Crippen LogP contribution in [0.2, 0.25) is 0 Å². The third-order valence-corrected chi connectivity index (χ3v) is 6.00. The van der Waals surface area contributed by atoms with Crippen molar-refractivity contribution in [3.63, 3.8) is 0 Å². The first-order valence-corrected chi connectivity index (χ1v) is 9.29. The monoisotopic (exact) mass is 295 g/mol. The smallest absolute Gasteiger partial charge is 0.151 e. The summed E-state index contributed by atoms with van der Waals surface area (Å²) in [5, 5.41) is 0. The van der Waals surface area contributed by atoms with Crippen LogP contribution in [0.15, 0.2) is 30.3 Å². The first-order valence-electron chi connectivity index (χ1n) is 7.47. The molecule has 1 fully saturated rings. The molecule has 20 heavy (non-hydrogen) atoms. The standard InChI is InChI=1S/C16H25NO2S/c1-3-7-15(14-8-5-4-6-9-14)12-17(2)16-10-11-20(18,19)13-16/h4-6,8-9,15-16H,3,7,10-13H2,1-2H3/t15-,16-/m0/s1. The summed E-state index contributed by atoms with van der Waals surface area (Å²) in [6.07, 6.45) is 3.08. The first-order chi connectivity index (χ1) is 9.52. The van der Waals surface area contributed by atoms with Gasteiger partial charge in [0.25, 0.3) is 0 Å². The number of nitrogens with zero attached hydrogens (tertiary/aromatic N) is 1. The molecule has 1 aliphatic rings. The zero-order valence-corrected chi connectivity index (χ0v) is 13.3. The minimum Gasteiger partial charge on any atom is -0.302 e. The van der Waals surface area contributed by atoms with E-state index < -0.39 is 9.84 Å². The van der Waals surface area contributed by atoms with E-state index in [1.165, 1.54) is 5.56 Å². The molecular weight excluding hydrogens is 270 g/mol. The van der Waals surface area contributed by atoms with Gasteiger partial charge in [-0.25, -0.2) is 8.42 Å². The van der Waals surface area contributed by atoms with Crippen molar-refractivity contribution in [2.75, 3.05) is 25.1 Å². The van der Waals surface area contributed by atoms with E-state index in [9.17, 15) is 8.42 Å². The molecule has 0 aromatic heterocycles. The highest BCUT2D eigenvalue weighted by Crippen LogP contribution is 2.25. The molecule has 0 saturated carbocycles. The summed E-state index contributed by atoms with van der Waals surface area (Å²) >= 11 is 0. The average Bonchev–Trinajstić information content (AvgIpc) is 2.80. The summed E-state index contributed by atoms with van der Waals surface area (Å²) in [5.74, 6) is 1.18. The van der Waals surface area contributed by atoms with Gasteiger partial charge in [-0.1, -0.05) is 43.7 Å². The van der Waals surface area contributed by atoms with E-state index in [0.717, 1.165) is 25.8 Å². The maximum absolute atomic E-state index is 11.6. The fourth-order valence-electron chi connectivity index (χ4n) is 3.06. The van der Waals surface area contributed by atoms with Crippen molar-refractivity contribution in [3.05, 3.63) is 35.9 Å². The fourth-order valence-corrected chi connectivity index (χ4v) is 4.86. The van der Waals surface area contributed by atoms with Crippen molar-refractivity contribution in [2.45, 2.75) is 38.1 Å². The lowest BCUT2D eigenvalue weighted by molar-refractivity contribution is 0.241. The summed E-state index contributed by atoms with van der Waals surface area (Å²) in [7, 11) is -0.728. The van der Waals surface area contributed by atoms with Crippen molar-refractivity contribution in [1.82, 2.24) is 4.90 Å². The lowest BCUT2D eigenvalue weighted by Crippen LogP contribution is -2.35. The molecule has 0 aliphatic carbocycles. The Balaban J connectivity index is 2.01. The van der Waals surface area contributed by atoms with E-state index in [2.05, 4.69) is 43.1 Å². The normalized spacial score (nSPS) is 23.1. The van der Waals surface area contributed by atoms with E-state index in [-0.39, 0.29) is 6.04 Å². The summed E-state index contributed by atoms with van der Waals surface area (Å²) in [6, 6.07) is 10.8. The van der Waals surface area contributed by atoms with Gasteiger partial charge in [-0.15, -0.1) is 0 Å². The van der Waals surface area contributed by atoms with Gasteiger partial charge in [0.1, 0.15) is 0 Å². The maximum atomic E-state index is 11.6. The molecule has 3 nitrogen and oxygen atoms in total. The van der Waals surface area contributed by atoms with Crippen LogP contribution < -0.4 is 0 Å². The van der Waals surface area contributed by atoms with Gasteiger partial charge >= 0.3 is 0 Å². The largest absolute Gasteiger partial charge is 0.302 e. The second-order valence-corrected chi connectivity index (χ2v) is 8.12. The van der Waals surface area contributed by atoms with Crippen LogP contribution >= 0.6 is 0 Å². The lowest BCUT2D eigenvalue weighted by atomic mass is 9.93. The van der Waals surface area contributed by atoms with E-state index in [1.54, 1.807) is 0 Å². The molecule has 0 spiro atoms. The summed E-state index contributed by atoms with van der Waals surface area (Å²) < 4.78 is 23.2. The maximum Gasteiger partial charge on any atom is 0.151 e. The summed E-state index contributed by atoms with van der Waals surface area (Å²) in [6.45, 7) is 3.15. The summed E-state index contributed by atoms with van der Waals surface area (Å²) in [4.78, 5) is 2.25. The van der Waals surface area contributed by atoms with E-state index in [4.69, 9.17) is 0 Å². The second kappa shape index (κ2) is 6.72. The van der Waals surface area contributed by atoms with Crippen LogP contribution in [0.1, 0.15) is 37.7 Å². The molecule has 112 valence electrons. The van der Waals surface area contributed by atoms with Crippen molar-refractivity contribution in [2.24, 2.45) is 0 Å². The van der Waals surface area contributed by atoms with E-state index in [0.29, 0.717) is 17.4 Å². The number of benzene rings is 1. The molecule has 2 atom stereocenters. The predicted molar refractivity (Wildman–Crippen MR) is 83.8 cm³/mol. The molecule has 2 rings (SSSR count). The van der Waals surface area contributed by atoms with E-state index in [1.807, 2.05) is 6.07 Å². The Morgan fingerprint density at radius 2 is 2.00 bits per heavy atom. The second-order valence-electron chi connectivity index (χ2n) is 5.89. The van der Waals surface area contributed by atoms with Crippen molar-refractivity contribution in [1.29, 1.82) is 0 Å². The minimum atomic E-state index is -2.79. The zero-order valence-electron chi connectivity index (χ0n) is 12.5. The van der Waals surface area contributed by atoms with Crippen LogP contribution in [0.4, 0.5) is 0 Å². The van der Waals surface area contributed by atoms with Crippen molar-refractivity contribution >= 4 is 9.84 Å². The Morgan fingerprint density at radius 3 is 2.55 bits per heavy atom. The Labute approximate surface area is 122 Å². The molecular formula is C16H25NO2S. The topological polar surface area (TPSA) is 37.4 Å². The van der Waals surface area contributed by atoms with Crippen LogP contribution in [0, 0.1) is 0 Å². The SMILES string of the molecule is CCC[C@@H](CN(C)[C@H]1CCS(=O)(=O)C1)c1ccccc1. The molecule has 1 aromatic rings. The van der Waals surface area contributed by atoms with Gasteiger partial charge in [0.05, 0.1) is 11.5 Å². The highest BCUT2D eigenvalue weighted by molar-refractivity contribution is 7.91. The van der Waals surface area contributed by atoms with Gasteiger partial charge in [0, 0.05) is 12.6 Å². The number of hydrogen-bond donors (Lipinski definition) is 0. The van der Waals surface area contributed by atoms with Crippen molar-refractivity contribution in [3.8, 4) is 0 Å². The molecule has 0 N–H and O–H groups in total. The van der Waals surface area contributed by atoms with Gasteiger partial charge < -0.3 is 4.90 Å². The molecule has 0 bridgehead atoms. The Hall–Kier alpha value is -0.870. The molecule has 1 saturated heterocycles. The molecule has 0 radical (unpaired) electrons. The van der Waals surface area contributed by atoms with E-state index >= 15 is 0 Å². The predicted octanol–water partition coefficient (Wildman–Crippen LogP) is 2.69. The minimum absolute atomic E-state index is 0.197. The lowest BCUT2D eigenvalue weighted by Gasteiger charge is -2.28.